The van der Waals surface area contributed by atoms with Crippen molar-refractivity contribution < 1.29 is 0 Å². The summed E-state index contributed by atoms with van der Waals surface area (Å²) >= 11 is 1.71. The van der Waals surface area contributed by atoms with E-state index in [-0.39, 0.29) is 0 Å². The monoisotopic (exact) mass is 150 g/mol. The number of rotatable bonds is 0. The highest BCUT2D eigenvalue weighted by Gasteiger charge is 2.14. The van der Waals surface area contributed by atoms with Gasteiger partial charge in [0, 0.05) is 18.5 Å². The molecule has 0 aliphatic carbocycles. The van der Waals surface area contributed by atoms with Crippen molar-refractivity contribution in [1.82, 2.24) is 4.31 Å². The molecule has 1 heterocycles. The van der Waals surface area contributed by atoms with E-state index >= 15 is 0 Å². The van der Waals surface area contributed by atoms with E-state index in [1.54, 1.807) is 11.9 Å². The smallest absolute Gasteiger partial charge is 0.0356 e. The topological polar surface area (TPSA) is 3.24 Å². The molecule has 0 bridgehead atoms. The van der Waals surface area contributed by atoms with Gasteiger partial charge in [0.25, 0.3) is 0 Å². The molecular formula is C8H8NS. The summed E-state index contributed by atoms with van der Waals surface area (Å²) < 4.78 is 1.99. The molecule has 0 aromatic heterocycles. The largest absolute Gasteiger partial charge is 0.241 e. The minimum Gasteiger partial charge on any atom is -0.241 e. The number of hydrogen-bond donors (Lipinski definition) is 0. The molecule has 1 aromatic rings. The quantitative estimate of drug-likeness (QED) is 0.522. The summed E-state index contributed by atoms with van der Waals surface area (Å²) in [7, 11) is 3.85. The summed E-state index contributed by atoms with van der Waals surface area (Å²) in [6.45, 7) is 0.973. The van der Waals surface area contributed by atoms with E-state index in [4.69, 9.17) is 0 Å². The van der Waals surface area contributed by atoms with Crippen LogP contribution < -0.4 is 0 Å². The van der Waals surface area contributed by atoms with E-state index in [1.165, 1.54) is 10.5 Å². The van der Waals surface area contributed by atoms with E-state index in [2.05, 4.69) is 31.3 Å². The minimum atomic E-state index is 0.973. The molecule has 0 atom stereocenters. The van der Waals surface area contributed by atoms with Gasteiger partial charge in [-0.05, 0) is 23.6 Å². The molecule has 0 N–H and O–H groups in total. The first-order valence-corrected chi connectivity index (χ1v) is 3.97. The number of nitrogens with zero attached hydrogens (tertiary/aromatic N) is 1. The van der Waals surface area contributed by atoms with Crippen LogP contribution in [0.2, 0.25) is 0 Å². The van der Waals surface area contributed by atoms with E-state index in [9.17, 15) is 0 Å². The van der Waals surface area contributed by atoms with Crippen molar-refractivity contribution in [2.75, 3.05) is 0 Å². The molecule has 2 heteroatoms. The van der Waals surface area contributed by atoms with Gasteiger partial charge < -0.3 is 0 Å². The lowest BCUT2D eigenvalue weighted by Gasteiger charge is -2.00. The first-order valence-electron chi connectivity index (χ1n) is 3.20. The zero-order valence-corrected chi connectivity index (χ0v) is 6.40. The Bertz CT molecular complexity index is 222. The Kier molecular flexibility index (Phi) is 1.43. The second-order valence-corrected chi connectivity index (χ2v) is 3.48. The molecule has 1 nitrogen and oxygen atoms in total. The van der Waals surface area contributed by atoms with Gasteiger partial charge in [-0.2, -0.15) is 0 Å². The van der Waals surface area contributed by atoms with Gasteiger partial charge in [-0.1, -0.05) is 18.2 Å². The Labute approximate surface area is 65.2 Å². The molecular weight excluding hydrogens is 142 g/mol. The first-order chi connectivity index (χ1) is 4.86. The van der Waals surface area contributed by atoms with E-state index in [1.807, 2.05) is 4.31 Å². The molecule has 0 saturated carbocycles. The molecule has 0 spiro atoms. The zero-order chi connectivity index (χ0) is 6.97. The molecule has 10 heavy (non-hydrogen) atoms. The van der Waals surface area contributed by atoms with E-state index in [0.29, 0.717) is 0 Å². The second-order valence-electron chi connectivity index (χ2n) is 2.34. The fourth-order valence-corrected chi connectivity index (χ4v) is 1.96. The summed E-state index contributed by atoms with van der Waals surface area (Å²) in [5.74, 6) is 0. The fraction of sp³-hybridized carbons (Fsp3) is 0.125. The number of hydrogen-bond acceptors (Lipinski definition) is 2. The zero-order valence-electron chi connectivity index (χ0n) is 5.58. The maximum absolute atomic E-state index is 3.85. The summed E-state index contributed by atoms with van der Waals surface area (Å²) in [6, 6.07) is 8.40. The lowest BCUT2D eigenvalue weighted by Crippen LogP contribution is -1.95. The maximum atomic E-state index is 3.85. The van der Waals surface area contributed by atoms with Crippen LogP contribution in [-0.4, -0.2) is 4.31 Å². The van der Waals surface area contributed by atoms with E-state index < -0.39 is 0 Å². The van der Waals surface area contributed by atoms with Gasteiger partial charge in [0.05, 0.1) is 0 Å². The Balaban J connectivity index is 2.42. The van der Waals surface area contributed by atoms with Crippen molar-refractivity contribution >= 4 is 11.9 Å². The molecule has 0 amide bonds. The van der Waals surface area contributed by atoms with Gasteiger partial charge in [-0.15, -0.1) is 0 Å². The average molecular weight is 150 g/mol. The summed E-state index contributed by atoms with van der Waals surface area (Å²) in [6.07, 6.45) is 0. The summed E-state index contributed by atoms with van der Waals surface area (Å²) in [5.41, 5.74) is 1.39. The van der Waals surface area contributed by atoms with Crippen molar-refractivity contribution in [3.05, 3.63) is 36.9 Å². The van der Waals surface area contributed by atoms with Gasteiger partial charge in [-0.25, -0.2) is 4.31 Å². The van der Waals surface area contributed by atoms with Gasteiger partial charge in [-0.3, -0.25) is 0 Å². The van der Waals surface area contributed by atoms with Gasteiger partial charge in [0.1, 0.15) is 0 Å². The Morgan fingerprint density at radius 1 is 1.40 bits per heavy atom. The summed E-state index contributed by atoms with van der Waals surface area (Å²) in [4.78, 5) is 1.34. The normalized spacial score (nSPS) is 17.3. The van der Waals surface area contributed by atoms with Crippen LogP contribution >= 0.6 is 11.9 Å². The second kappa shape index (κ2) is 2.29. The molecule has 0 unspecified atom stereocenters. The van der Waals surface area contributed by atoms with Gasteiger partial charge in [0.15, 0.2) is 0 Å². The van der Waals surface area contributed by atoms with Crippen molar-refractivity contribution in [2.45, 2.75) is 11.4 Å². The SMILES string of the molecule is [CH2]N1Cc2ccccc2S1. The number of benzene rings is 1. The fourth-order valence-electron chi connectivity index (χ4n) is 1.08. The third kappa shape index (κ3) is 0.935. The molecule has 1 radical (unpaired) electrons. The molecule has 1 aromatic carbocycles. The lowest BCUT2D eigenvalue weighted by molar-refractivity contribution is 0.631. The van der Waals surface area contributed by atoms with Crippen LogP contribution in [0.3, 0.4) is 0 Å². The highest BCUT2D eigenvalue weighted by atomic mass is 32.2. The molecule has 51 valence electrons. The van der Waals surface area contributed by atoms with Crippen molar-refractivity contribution in [3.8, 4) is 0 Å². The average Bonchev–Trinajstić information content (AvgIpc) is 2.27. The van der Waals surface area contributed by atoms with Crippen molar-refractivity contribution in [2.24, 2.45) is 0 Å². The maximum Gasteiger partial charge on any atom is 0.0356 e. The molecule has 2 rings (SSSR count). The standard InChI is InChI=1S/C8H8NS/c1-9-6-7-4-2-3-5-8(7)10-9/h2-5H,1,6H2. The van der Waals surface area contributed by atoms with Crippen LogP contribution in [0, 0.1) is 7.05 Å². The lowest BCUT2D eigenvalue weighted by atomic mass is 10.2. The highest BCUT2D eigenvalue weighted by Crippen LogP contribution is 2.34. The van der Waals surface area contributed by atoms with Crippen molar-refractivity contribution in [1.29, 1.82) is 0 Å². The van der Waals surface area contributed by atoms with Gasteiger partial charge in [0.2, 0.25) is 0 Å². The highest BCUT2D eigenvalue weighted by molar-refractivity contribution is 7.97. The van der Waals surface area contributed by atoms with Crippen LogP contribution in [0.1, 0.15) is 5.56 Å². The third-order valence-electron chi connectivity index (χ3n) is 1.55. The van der Waals surface area contributed by atoms with Gasteiger partial charge >= 0.3 is 0 Å². The Morgan fingerprint density at radius 2 is 2.20 bits per heavy atom. The molecule has 1 aliphatic rings. The third-order valence-corrected chi connectivity index (χ3v) is 2.53. The molecule has 1 aliphatic heterocycles. The van der Waals surface area contributed by atoms with Crippen LogP contribution in [-0.2, 0) is 6.54 Å². The molecule has 0 fully saturated rings. The molecule has 0 saturated heterocycles. The van der Waals surface area contributed by atoms with E-state index in [0.717, 1.165) is 6.54 Å². The minimum absolute atomic E-state index is 0.973. The van der Waals surface area contributed by atoms with Crippen LogP contribution in [0.4, 0.5) is 0 Å². The Hall–Kier alpha value is -0.470. The number of fused-ring (bicyclic) bond motifs is 1. The first kappa shape index (κ1) is 6.25. The van der Waals surface area contributed by atoms with Crippen LogP contribution in [0.5, 0.6) is 0 Å². The van der Waals surface area contributed by atoms with Crippen LogP contribution in [0.25, 0.3) is 0 Å². The predicted molar refractivity (Wildman–Crippen MR) is 43.2 cm³/mol. The Morgan fingerprint density at radius 3 is 3.00 bits per heavy atom. The van der Waals surface area contributed by atoms with Crippen LogP contribution in [0.15, 0.2) is 29.2 Å². The predicted octanol–water partition coefficient (Wildman–Crippen LogP) is 2.30. The summed E-state index contributed by atoms with van der Waals surface area (Å²) in [5, 5.41) is 0. The van der Waals surface area contributed by atoms with Crippen molar-refractivity contribution in [3.63, 3.8) is 0 Å².